The molecule has 22 heavy (non-hydrogen) atoms. The fourth-order valence-electron chi connectivity index (χ4n) is 3.11. The van der Waals surface area contributed by atoms with Crippen LogP contribution in [0.5, 0.6) is 0 Å². The molecule has 1 aromatic carbocycles. The van der Waals surface area contributed by atoms with Crippen molar-refractivity contribution in [2.75, 3.05) is 26.2 Å². The lowest BCUT2D eigenvalue weighted by molar-refractivity contribution is 0.200. The second-order valence-corrected chi connectivity index (χ2v) is 8.06. The van der Waals surface area contributed by atoms with Gasteiger partial charge in [0.25, 0.3) is 0 Å². The van der Waals surface area contributed by atoms with E-state index in [2.05, 4.69) is 72.8 Å². The highest BCUT2D eigenvalue weighted by Crippen LogP contribution is 2.33. The summed E-state index contributed by atoms with van der Waals surface area (Å²) in [6.45, 7) is 11.2. The van der Waals surface area contributed by atoms with Gasteiger partial charge < -0.3 is 5.32 Å². The first kappa shape index (κ1) is 15.7. The number of nitrogens with zero attached hydrogens (tertiary/aromatic N) is 1. The van der Waals surface area contributed by atoms with Gasteiger partial charge in [0.1, 0.15) is 0 Å². The van der Waals surface area contributed by atoms with Crippen LogP contribution in [0, 0.1) is 0 Å². The maximum Gasteiger partial charge on any atom is 0.0696 e. The van der Waals surface area contributed by atoms with Crippen LogP contribution in [0.1, 0.15) is 42.8 Å². The number of piperazine rings is 1. The highest BCUT2D eigenvalue weighted by atomic mass is 32.1. The molecule has 3 heteroatoms. The maximum absolute atomic E-state index is 3.46. The molecule has 1 aromatic heterocycles. The predicted octanol–water partition coefficient (Wildman–Crippen LogP) is 4.04. The van der Waals surface area contributed by atoms with Crippen molar-refractivity contribution in [1.82, 2.24) is 10.2 Å². The van der Waals surface area contributed by atoms with Crippen molar-refractivity contribution in [3.05, 3.63) is 57.8 Å². The van der Waals surface area contributed by atoms with Crippen molar-refractivity contribution in [3.8, 4) is 0 Å². The Morgan fingerprint density at radius 1 is 1.05 bits per heavy atom. The van der Waals surface area contributed by atoms with E-state index in [1.54, 1.807) is 0 Å². The minimum Gasteiger partial charge on any atom is -0.314 e. The van der Waals surface area contributed by atoms with Crippen LogP contribution < -0.4 is 5.32 Å². The van der Waals surface area contributed by atoms with Crippen LogP contribution in [0.4, 0.5) is 0 Å². The highest BCUT2D eigenvalue weighted by Gasteiger charge is 2.25. The van der Waals surface area contributed by atoms with Crippen molar-refractivity contribution >= 4 is 11.3 Å². The van der Waals surface area contributed by atoms with E-state index >= 15 is 0 Å². The summed E-state index contributed by atoms with van der Waals surface area (Å²) in [4.78, 5) is 4.06. The van der Waals surface area contributed by atoms with Crippen LogP contribution in [0.25, 0.3) is 0 Å². The Balaban J connectivity index is 1.92. The van der Waals surface area contributed by atoms with E-state index in [1.807, 2.05) is 11.3 Å². The third-order valence-electron chi connectivity index (χ3n) is 4.42. The molecule has 1 aliphatic heterocycles. The van der Waals surface area contributed by atoms with Crippen molar-refractivity contribution in [1.29, 1.82) is 0 Å². The van der Waals surface area contributed by atoms with Gasteiger partial charge in [0, 0.05) is 31.1 Å². The zero-order chi connectivity index (χ0) is 15.6. The van der Waals surface area contributed by atoms with E-state index in [0.717, 1.165) is 26.2 Å². The molecule has 0 bridgehead atoms. The molecule has 118 valence electrons. The zero-order valence-corrected chi connectivity index (χ0v) is 14.6. The molecule has 1 fully saturated rings. The fraction of sp³-hybridized carbons (Fsp3) is 0.474. The van der Waals surface area contributed by atoms with Gasteiger partial charge in [-0.15, -0.1) is 11.3 Å². The van der Waals surface area contributed by atoms with E-state index < -0.39 is 0 Å². The largest absolute Gasteiger partial charge is 0.314 e. The van der Waals surface area contributed by atoms with Crippen LogP contribution >= 0.6 is 11.3 Å². The first-order valence-electron chi connectivity index (χ1n) is 8.14. The summed E-state index contributed by atoms with van der Waals surface area (Å²) < 4.78 is 0. The van der Waals surface area contributed by atoms with Gasteiger partial charge in [0.15, 0.2) is 0 Å². The Kier molecular flexibility index (Phi) is 4.67. The molecule has 3 rings (SSSR count). The Hall–Kier alpha value is -1.16. The van der Waals surface area contributed by atoms with E-state index in [-0.39, 0.29) is 5.41 Å². The molecule has 1 saturated heterocycles. The predicted molar refractivity (Wildman–Crippen MR) is 95.7 cm³/mol. The van der Waals surface area contributed by atoms with Crippen molar-refractivity contribution in [2.45, 2.75) is 32.2 Å². The Bertz CT molecular complexity index is 575. The minimum absolute atomic E-state index is 0.214. The molecule has 0 unspecified atom stereocenters. The van der Waals surface area contributed by atoms with Gasteiger partial charge in [0.05, 0.1) is 6.04 Å². The summed E-state index contributed by atoms with van der Waals surface area (Å²) in [5.41, 5.74) is 3.03. The normalized spacial score (nSPS) is 18.3. The molecule has 1 atom stereocenters. The van der Waals surface area contributed by atoms with Crippen LogP contribution in [0.2, 0.25) is 0 Å². The highest BCUT2D eigenvalue weighted by molar-refractivity contribution is 7.10. The van der Waals surface area contributed by atoms with Crippen molar-refractivity contribution in [2.24, 2.45) is 0 Å². The summed E-state index contributed by atoms with van der Waals surface area (Å²) in [5, 5.41) is 5.65. The van der Waals surface area contributed by atoms with Crippen LogP contribution in [0.3, 0.4) is 0 Å². The van der Waals surface area contributed by atoms with E-state index in [1.165, 1.54) is 16.0 Å². The van der Waals surface area contributed by atoms with Crippen LogP contribution in [0.15, 0.2) is 41.8 Å². The Morgan fingerprint density at radius 2 is 1.73 bits per heavy atom. The quantitative estimate of drug-likeness (QED) is 0.920. The van der Waals surface area contributed by atoms with Gasteiger partial charge in [-0.3, -0.25) is 4.90 Å². The SMILES string of the molecule is CC(C)(C)c1ccc([C@H](c2cccs2)N2CCNCC2)cc1. The van der Waals surface area contributed by atoms with Gasteiger partial charge in [-0.25, -0.2) is 0 Å². The zero-order valence-electron chi connectivity index (χ0n) is 13.8. The topological polar surface area (TPSA) is 15.3 Å². The first-order chi connectivity index (χ1) is 10.6. The standard InChI is InChI=1S/C19H26N2S/c1-19(2,3)16-8-6-15(7-9-16)18(17-5-4-14-22-17)21-12-10-20-11-13-21/h4-9,14,18,20H,10-13H2,1-3H3/t18-/m1/s1. The molecule has 2 nitrogen and oxygen atoms in total. The molecule has 2 heterocycles. The van der Waals surface area contributed by atoms with Gasteiger partial charge in [-0.1, -0.05) is 51.1 Å². The van der Waals surface area contributed by atoms with Crippen molar-refractivity contribution in [3.63, 3.8) is 0 Å². The molecule has 2 aromatic rings. The van der Waals surface area contributed by atoms with Gasteiger partial charge >= 0.3 is 0 Å². The lowest BCUT2D eigenvalue weighted by Gasteiger charge is -2.35. The number of benzene rings is 1. The number of hydrogen-bond donors (Lipinski definition) is 1. The number of rotatable bonds is 3. The molecule has 1 aliphatic rings. The van der Waals surface area contributed by atoms with Gasteiger partial charge in [-0.2, -0.15) is 0 Å². The second kappa shape index (κ2) is 6.53. The average molecular weight is 314 g/mol. The van der Waals surface area contributed by atoms with Gasteiger partial charge in [0.2, 0.25) is 0 Å². The third kappa shape index (κ3) is 3.43. The number of thiophene rings is 1. The molecular formula is C19H26N2S. The molecule has 0 amide bonds. The van der Waals surface area contributed by atoms with E-state index in [0.29, 0.717) is 6.04 Å². The molecule has 0 saturated carbocycles. The summed E-state index contributed by atoms with van der Waals surface area (Å²) in [6, 6.07) is 14.1. The monoisotopic (exact) mass is 314 g/mol. The lowest BCUT2D eigenvalue weighted by atomic mass is 9.86. The van der Waals surface area contributed by atoms with E-state index in [9.17, 15) is 0 Å². The molecule has 0 radical (unpaired) electrons. The molecule has 0 aliphatic carbocycles. The summed E-state index contributed by atoms with van der Waals surface area (Å²) in [5.74, 6) is 0. The molecule has 1 N–H and O–H groups in total. The summed E-state index contributed by atoms with van der Waals surface area (Å²) in [7, 11) is 0. The van der Waals surface area contributed by atoms with Gasteiger partial charge in [-0.05, 0) is 28.0 Å². The third-order valence-corrected chi connectivity index (χ3v) is 5.35. The summed E-state index contributed by atoms with van der Waals surface area (Å²) in [6.07, 6.45) is 0. The molecule has 0 spiro atoms. The number of hydrogen-bond acceptors (Lipinski definition) is 3. The van der Waals surface area contributed by atoms with Crippen molar-refractivity contribution < 1.29 is 0 Å². The smallest absolute Gasteiger partial charge is 0.0696 e. The average Bonchev–Trinajstić information content (AvgIpc) is 3.02. The fourth-order valence-corrected chi connectivity index (χ4v) is 3.99. The van der Waals surface area contributed by atoms with E-state index in [4.69, 9.17) is 0 Å². The Labute approximate surface area is 138 Å². The van der Waals surface area contributed by atoms with Crippen LogP contribution in [-0.4, -0.2) is 31.1 Å². The first-order valence-corrected chi connectivity index (χ1v) is 9.02. The number of nitrogens with one attached hydrogen (secondary N) is 1. The maximum atomic E-state index is 3.46. The molecular weight excluding hydrogens is 288 g/mol. The lowest BCUT2D eigenvalue weighted by Crippen LogP contribution is -2.45. The van der Waals surface area contributed by atoms with Crippen LogP contribution in [-0.2, 0) is 5.41 Å². The second-order valence-electron chi connectivity index (χ2n) is 7.08. The summed E-state index contributed by atoms with van der Waals surface area (Å²) >= 11 is 1.87. The Morgan fingerprint density at radius 3 is 2.27 bits per heavy atom. The minimum atomic E-state index is 0.214.